The van der Waals surface area contributed by atoms with E-state index in [9.17, 15) is 19.8 Å². The van der Waals surface area contributed by atoms with Gasteiger partial charge in [-0.3, -0.25) is 0 Å². The van der Waals surface area contributed by atoms with E-state index < -0.39 is 42.6 Å². The lowest BCUT2D eigenvalue weighted by Crippen LogP contribution is -2.46. The first-order chi connectivity index (χ1) is 9.11. The minimum atomic E-state index is -2.74. The van der Waals surface area contributed by atoms with Crippen LogP contribution in [0.25, 0.3) is 0 Å². The highest BCUT2D eigenvalue weighted by molar-refractivity contribution is 5.76. The lowest BCUT2D eigenvalue weighted by atomic mass is 10.1. The van der Waals surface area contributed by atoms with E-state index in [1.807, 2.05) is 0 Å². The molecule has 0 saturated heterocycles. The van der Waals surface area contributed by atoms with Gasteiger partial charge in [0.25, 0.3) is 0 Å². The molecule has 0 rings (SSSR count). The summed E-state index contributed by atoms with van der Waals surface area (Å²) in [5, 5.41) is 37.7. The molecule has 0 saturated carbocycles. The highest BCUT2D eigenvalue weighted by atomic mass is 16.8. The molecule has 0 aromatic heterocycles. The third-order valence-electron chi connectivity index (χ3n) is 2.32. The first-order valence-electron chi connectivity index (χ1n) is 6.33. The van der Waals surface area contributed by atoms with E-state index in [4.69, 9.17) is 10.2 Å². The molecule has 0 aromatic rings. The molecule has 0 radical (unpaired) electrons. The number of esters is 2. The zero-order chi connectivity index (χ0) is 15.9. The molecule has 0 aliphatic carbocycles. The fourth-order valence-electron chi connectivity index (χ4n) is 1.32. The number of ether oxygens (including phenoxy) is 2. The van der Waals surface area contributed by atoms with E-state index in [1.54, 1.807) is 6.92 Å². The van der Waals surface area contributed by atoms with Crippen LogP contribution in [0.1, 0.15) is 40.0 Å². The summed E-state index contributed by atoms with van der Waals surface area (Å²) in [6.07, 6.45) is -3.90. The van der Waals surface area contributed by atoms with Crippen LogP contribution >= 0.6 is 0 Å². The summed E-state index contributed by atoms with van der Waals surface area (Å²) in [5.74, 6) is -5.19. The van der Waals surface area contributed by atoms with E-state index in [2.05, 4.69) is 9.47 Å². The summed E-state index contributed by atoms with van der Waals surface area (Å²) in [7, 11) is 0. The van der Waals surface area contributed by atoms with Crippen LogP contribution in [0.4, 0.5) is 0 Å². The Kier molecular flexibility index (Phi) is 7.66. The van der Waals surface area contributed by atoms with Gasteiger partial charge in [0.05, 0.1) is 12.5 Å². The molecule has 3 unspecified atom stereocenters. The van der Waals surface area contributed by atoms with Crippen LogP contribution < -0.4 is 0 Å². The van der Waals surface area contributed by atoms with Gasteiger partial charge < -0.3 is 29.9 Å². The van der Waals surface area contributed by atoms with Crippen LogP contribution in [0.3, 0.4) is 0 Å². The maximum absolute atomic E-state index is 11.3. The number of carbonyl (C=O) groups is 2. The maximum atomic E-state index is 11.3. The summed E-state index contributed by atoms with van der Waals surface area (Å²) in [6, 6.07) is 0. The van der Waals surface area contributed by atoms with Gasteiger partial charge in [0, 0.05) is 0 Å². The van der Waals surface area contributed by atoms with Crippen LogP contribution in [-0.4, -0.2) is 56.6 Å². The number of carbonyl (C=O) groups excluding carboxylic acids is 2. The van der Waals surface area contributed by atoms with Crippen molar-refractivity contribution in [2.24, 2.45) is 0 Å². The zero-order valence-electron chi connectivity index (χ0n) is 11.8. The highest BCUT2D eigenvalue weighted by Gasteiger charge is 2.40. The molecule has 0 amide bonds. The molecule has 0 aliphatic heterocycles. The highest BCUT2D eigenvalue weighted by Crippen LogP contribution is 2.21. The average molecular weight is 294 g/mol. The van der Waals surface area contributed by atoms with E-state index in [0.29, 0.717) is 6.42 Å². The minimum absolute atomic E-state index is 0.279. The van der Waals surface area contributed by atoms with E-state index >= 15 is 0 Å². The van der Waals surface area contributed by atoms with Gasteiger partial charge in [-0.2, -0.15) is 0 Å². The number of hydrogen-bond acceptors (Lipinski definition) is 8. The van der Waals surface area contributed by atoms with E-state index in [-0.39, 0.29) is 6.42 Å². The molecule has 8 heteroatoms. The van der Waals surface area contributed by atoms with Crippen LogP contribution in [0, 0.1) is 0 Å². The van der Waals surface area contributed by atoms with Gasteiger partial charge in [-0.15, -0.1) is 0 Å². The summed E-state index contributed by atoms with van der Waals surface area (Å²) in [6.45, 7) is 3.98. The molecule has 0 bridgehead atoms. The molecule has 8 nitrogen and oxygen atoms in total. The SMILES string of the molecule is CCCC(O)CC(O)(OC(=O)C(C)O)OC(=O)C(C)O. The van der Waals surface area contributed by atoms with E-state index in [0.717, 1.165) is 13.8 Å². The topological polar surface area (TPSA) is 134 Å². The van der Waals surface area contributed by atoms with Crippen molar-refractivity contribution in [3.05, 3.63) is 0 Å². The zero-order valence-corrected chi connectivity index (χ0v) is 11.8. The third kappa shape index (κ3) is 6.80. The van der Waals surface area contributed by atoms with Crippen molar-refractivity contribution >= 4 is 11.9 Å². The number of aliphatic hydroxyl groups excluding tert-OH is 3. The predicted octanol–water partition coefficient (Wildman–Crippen LogP) is -0.968. The average Bonchev–Trinajstić information content (AvgIpc) is 2.27. The Morgan fingerprint density at radius 3 is 1.75 bits per heavy atom. The molecular formula is C12H22O8. The summed E-state index contributed by atoms with van der Waals surface area (Å²) in [4.78, 5) is 22.6. The molecular weight excluding hydrogens is 272 g/mol. The smallest absolute Gasteiger partial charge is 0.375 e. The second-order valence-corrected chi connectivity index (χ2v) is 4.55. The number of rotatable bonds is 8. The molecule has 3 atom stereocenters. The van der Waals surface area contributed by atoms with Gasteiger partial charge in [-0.1, -0.05) is 13.3 Å². The van der Waals surface area contributed by atoms with Gasteiger partial charge in [-0.25, -0.2) is 9.59 Å². The van der Waals surface area contributed by atoms with Gasteiger partial charge in [-0.05, 0) is 20.3 Å². The Labute approximate surface area is 116 Å². The number of hydrogen-bond donors (Lipinski definition) is 4. The molecule has 0 heterocycles. The molecule has 20 heavy (non-hydrogen) atoms. The Hall–Kier alpha value is -1.22. The van der Waals surface area contributed by atoms with Crippen LogP contribution in [0.15, 0.2) is 0 Å². The lowest BCUT2D eigenvalue weighted by Gasteiger charge is -2.29. The maximum Gasteiger partial charge on any atom is 0.375 e. The summed E-state index contributed by atoms with van der Waals surface area (Å²) < 4.78 is 8.98. The quantitative estimate of drug-likeness (QED) is 0.332. The van der Waals surface area contributed by atoms with Gasteiger partial charge in [0.1, 0.15) is 12.2 Å². The van der Waals surface area contributed by atoms with E-state index in [1.165, 1.54) is 0 Å². The van der Waals surface area contributed by atoms with Crippen molar-refractivity contribution in [1.29, 1.82) is 0 Å². The molecule has 0 aromatic carbocycles. The fraction of sp³-hybridized carbons (Fsp3) is 0.833. The Morgan fingerprint density at radius 1 is 1.05 bits per heavy atom. The van der Waals surface area contributed by atoms with Crippen LogP contribution in [-0.2, 0) is 19.1 Å². The van der Waals surface area contributed by atoms with Crippen molar-refractivity contribution in [3.63, 3.8) is 0 Å². The molecule has 4 N–H and O–H groups in total. The summed E-state index contributed by atoms with van der Waals surface area (Å²) >= 11 is 0. The van der Waals surface area contributed by atoms with Crippen molar-refractivity contribution in [3.8, 4) is 0 Å². The second-order valence-electron chi connectivity index (χ2n) is 4.55. The Balaban J connectivity index is 4.91. The first-order valence-corrected chi connectivity index (χ1v) is 6.33. The fourth-order valence-corrected chi connectivity index (χ4v) is 1.32. The minimum Gasteiger partial charge on any atom is -0.396 e. The van der Waals surface area contributed by atoms with Gasteiger partial charge in [0.15, 0.2) is 0 Å². The standard InChI is InChI=1S/C12H22O8/c1-4-5-9(15)6-12(18,19-10(16)7(2)13)20-11(17)8(3)14/h7-9,13-15,18H,4-6H2,1-3H3. The normalized spacial score (nSPS) is 18.6. The van der Waals surface area contributed by atoms with Crippen LogP contribution in [0.5, 0.6) is 0 Å². The largest absolute Gasteiger partial charge is 0.396 e. The second kappa shape index (κ2) is 8.15. The van der Waals surface area contributed by atoms with Crippen LogP contribution in [0.2, 0.25) is 0 Å². The molecule has 0 fully saturated rings. The first kappa shape index (κ1) is 18.8. The summed E-state index contributed by atoms with van der Waals surface area (Å²) in [5.41, 5.74) is 0. The molecule has 0 spiro atoms. The lowest BCUT2D eigenvalue weighted by molar-refractivity contribution is -0.338. The molecule has 0 aliphatic rings. The molecule has 118 valence electrons. The predicted molar refractivity (Wildman–Crippen MR) is 66.0 cm³/mol. The third-order valence-corrected chi connectivity index (χ3v) is 2.32. The van der Waals surface area contributed by atoms with Gasteiger partial charge >= 0.3 is 17.9 Å². The Morgan fingerprint density at radius 2 is 1.45 bits per heavy atom. The monoisotopic (exact) mass is 294 g/mol. The van der Waals surface area contributed by atoms with Crippen molar-refractivity contribution in [1.82, 2.24) is 0 Å². The number of aliphatic hydroxyl groups is 4. The van der Waals surface area contributed by atoms with Crippen molar-refractivity contribution in [2.45, 2.75) is 64.3 Å². The van der Waals surface area contributed by atoms with Crippen molar-refractivity contribution < 1.29 is 39.5 Å². The van der Waals surface area contributed by atoms with Gasteiger partial charge in [0.2, 0.25) is 0 Å². The Bertz CT molecular complexity index is 303. The van der Waals surface area contributed by atoms with Crippen molar-refractivity contribution in [2.75, 3.05) is 0 Å².